The van der Waals surface area contributed by atoms with Crippen molar-refractivity contribution in [3.05, 3.63) is 70.5 Å². The van der Waals surface area contributed by atoms with Gasteiger partial charge in [0.2, 0.25) is 11.8 Å². The molecule has 1 heterocycles. The molecular formula is C30H35F3N2O3. The number of hydrogen-bond acceptors (Lipinski definition) is 3. The molecule has 0 radical (unpaired) electrons. The molecule has 1 N–H and O–H groups in total. The minimum atomic E-state index is -1.71. The zero-order valence-electron chi connectivity index (χ0n) is 22.5. The number of benzene rings is 2. The number of Topliss-reactive ketones (excluding diaryl/α,β-unsaturated/α-hetero) is 1. The number of fused-ring (bicyclic) bond motifs is 1. The second-order valence-corrected chi connectivity index (χ2v) is 12.2. The maximum atomic E-state index is 15.2. The highest BCUT2D eigenvalue weighted by Crippen LogP contribution is 2.38. The predicted molar refractivity (Wildman–Crippen MR) is 137 cm³/mol. The van der Waals surface area contributed by atoms with Gasteiger partial charge in [0.15, 0.2) is 5.78 Å². The summed E-state index contributed by atoms with van der Waals surface area (Å²) in [6.45, 7) is 9.12. The number of rotatable bonds is 7. The number of nitrogens with zero attached hydrogens (tertiary/aromatic N) is 1. The fourth-order valence-electron chi connectivity index (χ4n) is 5.76. The molecule has 0 unspecified atom stereocenters. The van der Waals surface area contributed by atoms with Crippen molar-refractivity contribution in [2.24, 2.45) is 17.3 Å². The summed E-state index contributed by atoms with van der Waals surface area (Å²) < 4.78 is 44.3. The van der Waals surface area contributed by atoms with E-state index in [0.717, 1.165) is 16.0 Å². The third kappa shape index (κ3) is 5.64. The number of ketones is 1. The van der Waals surface area contributed by atoms with E-state index in [2.05, 4.69) is 5.32 Å². The van der Waals surface area contributed by atoms with E-state index < -0.39 is 64.2 Å². The van der Waals surface area contributed by atoms with Crippen molar-refractivity contribution in [3.8, 4) is 0 Å². The average molecular weight is 529 g/mol. The second kappa shape index (κ2) is 10.5. The Morgan fingerprint density at radius 3 is 2.08 bits per heavy atom. The number of amides is 2. The molecule has 1 fully saturated rings. The Hall–Kier alpha value is -3.16. The van der Waals surface area contributed by atoms with Crippen LogP contribution in [0.3, 0.4) is 0 Å². The lowest BCUT2D eigenvalue weighted by atomic mass is 9.82. The average Bonchev–Trinajstić information content (AvgIpc) is 3.22. The van der Waals surface area contributed by atoms with Gasteiger partial charge in [-0.25, -0.2) is 13.2 Å². The number of nitrogens with one attached hydrogen (secondary N) is 1. The molecule has 8 heteroatoms. The summed E-state index contributed by atoms with van der Waals surface area (Å²) in [6, 6.07) is 5.01. The first-order valence-corrected chi connectivity index (χ1v) is 13.1. The Kier molecular flexibility index (Phi) is 7.73. The number of carbonyl (C=O) groups excluding carboxylic acids is 3. The van der Waals surface area contributed by atoms with Gasteiger partial charge in [-0.3, -0.25) is 14.4 Å². The SMILES string of the molecule is CC(C)C[C@@H]1C(=O)N[C@H](C2Cc3ccccc3C2)C(=O)N1[C@H](C(=O)CC(C)(C)C)c1c(F)cc(F)cc1F. The molecule has 5 nitrogen and oxygen atoms in total. The first-order valence-electron chi connectivity index (χ1n) is 13.1. The summed E-state index contributed by atoms with van der Waals surface area (Å²) in [5, 5.41) is 2.87. The van der Waals surface area contributed by atoms with Crippen LogP contribution in [0.25, 0.3) is 0 Å². The zero-order valence-corrected chi connectivity index (χ0v) is 22.5. The Morgan fingerprint density at radius 2 is 1.58 bits per heavy atom. The van der Waals surface area contributed by atoms with E-state index in [-0.39, 0.29) is 24.7 Å². The lowest BCUT2D eigenvalue weighted by Crippen LogP contribution is -2.67. The summed E-state index contributed by atoms with van der Waals surface area (Å²) in [7, 11) is 0. The summed E-state index contributed by atoms with van der Waals surface area (Å²) >= 11 is 0. The van der Waals surface area contributed by atoms with Gasteiger partial charge in [0.25, 0.3) is 0 Å². The lowest BCUT2D eigenvalue weighted by molar-refractivity contribution is -0.158. The quantitative estimate of drug-likeness (QED) is 0.530. The Balaban J connectivity index is 1.83. The van der Waals surface area contributed by atoms with E-state index >= 15 is 8.78 Å². The van der Waals surface area contributed by atoms with E-state index in [0.29, 0.717) is 25.0 Å². The van der Waals surface area contributed by atoms with E-state index in [1.54, 1.807) is 20.8 Å². The third-order valence-corrected chi connectivity index (χ3v) is 7.31. The Morgan fingerprint density at radius 1 is 1.03 bits per heavy atom. The van der Waals surface area contributed by atoms with Gasteiger partial charge in [0.1, 0.15) is 35.6 Å². The van der Waals surface area contributed by atoms with Crippen LogP contribution < -0.4 is 5.32 Å². The molecule has 3 atom stereocenters. The molecule has 0 saturated carbocycles. The normalized spacial score (nSPS) is 21.0. The molecule has 2 aromatic carbocycles. The van der Waals surface area contributed by atoms with Crippen molar-refractivity contribution in [2.75, 3.05) is 0 Å². The molecule has 0 spiro atoms. The molecular weight excluding hydrogens is 493 g/mol. The van der Waals surface area contributed by atoms with Crippen LogP contribution in [0.5, 0.6) is 0 Å². The molecule has 4 rings (SSSR count). The van der Waals surface area contributed by atoms with Crippen molar-refractivity contribution >= 4 is 17.6 Å². The van der Waals surface area contributed by atoms with Crippen LogP contribution in [-0.4, -0.2) is 34.6 Å². The molecule has 0 bridgehead atoms. The monoisotopic (exact) mass is 528 g/mol. The van der Waals surface area contributed by atoms with Gasteiger partial charge < -0.3 is 10.2 Å². The molecule has 1 saturated heterocycles. The fourth-order valence-corrected chi connectivity index (χ4v) is 5.76. The number of carbonyl (C=O) groups is 3. The zero-order chi connectivity index (χ0) is 27.9. The smallest absolute Gasteiger partial charge is 0.247 e. The summed E-state index contributed by atoms with van der Waals surface area (Å²) in [6.07, 6.45) is 1.19. The van der Waals surface area contributed by atoms with E-state index in [1.807, 2.05) is 38.1 Å². The second-order valence-electron chi connectivity index (χ2n) is 12.2. The van der Waals surface area contributed by atoms with E-state index in [9.17, 15) is 18.8 Å². The van der Waals surface area contributed by atoms with Crippen molar-refractivity contribution < 1.29 is 27.6 Å². The molecule has 2 aromatic rings. The van der Waals surface area contributed by atoms with Crippen LogP contribution in [-0.2, 0) is 27.2 Å². The van der Waals surface area contributed by atoms with Gasteiger partial charge >= 0.3 is 0 Å². The van der Waals surface area contributed by atoms with Crippen molar-refractivity contribution in [1.29, 1.82) is 0 Å². The van der Waals surface area contributed by atoms with Crippen molar-refractivity contribution in [2.45, 2.75) is 78.4 Å². The van der Waals surface area contributed by atoms with Gasteiger partial charge in [-0.2, -0.15) is 0 Å². The number of piperazine rings is 1. The Bertz CT molecular complexity index is 1210. The number of hydrogen-bond donors (Lipinski definition) is 1. The summed E-state index contributed by atoms with van der Waals surface area (Å²) in [4.78, 5) is 42.6. The first-order chi connectivity index (χ1) is 17.8. The predicted octanol–water partition coefficient (Wildman–Crippen LogP) is 5.31. The Labute approximate surface area is 221 Å². The standard InChI is InChI=1S/C30H35F3N2O3/c1-16(2)10-23-28(37)34-26(19-11-17-8-6-7-9-18(17)12-19)29(38)35(23)27(24(36)15-30(3,4)5)25-21(32)13-20(31)14-22(25)33/h6-9,13-14,16,19,23,26-27H,10-12,15H2,1-5H3,(H,34,37)/t23-,26-,27-/m1/s1. The van der Waals surface area contributed by atoms with Gasteiger partial charge in [0, 0.05) is 18.6 Å². The number of halogens is 3. The van der Waals surface area contributed by atoms with E-state index in [1.165, 1.54) is 0 Å². The molecule has 2 amide bonds. The van der Waals surface area contributed by atoms with Crippen LogP contribution in [0, 0.1) is 34.7 Å². The van der Waals surface area contributed by atoms with Gasteiger partial charge in [-0.15, -0.1) is 0 Å². The maximum Gasteiger partial charge on any atom is 0.247 e. The van der Waals surface area contributed by atoms with Crippen LogP contribution in [0.4, 0.5) is 13.2 Å². The molecule has 204 valence electrons. The molecule has 1 aliphatic heterocycles. The lowest BCUT2D eigenvalue weighted by Gasteiger charge is -2.45. The van der Waals surface area contributed by atoms with E-state index in [4.69, 9.17) is 0 Å². The van der Waals surface area contributed by atoms with Gasteiger partial charge in [-0.1, -0.05) is 58.9 Å². The molecule has 1 aliphatic carbocycles. The summed E-state index contributed by atoms with van der Waals surface area (Å²) in [5.41, 5.74) is 0.882. The molecule has 38 heavy (non-hydrogen) atoms. The fraction of sp³-hybridized carbons (Fsp3) is 0.500. The van der Waals surface area contributed by atoms with Gasteiger partial charge in [-0.05, 0) is 47.6 Å². The minimum Gasteiger partial charge on any atom is -0.342 e. The highest BCUT2D eigenvalue weighted by molar-refractivity contribution is 6.00. The largest absolute Gasteiger partial charge is 0.342 e. The molecule has 0 aromatic heterocycles. The highest BCUT2D eigenvalue weighted by atomic mass is 19.1. The summed E-state index contributed by atoms with van der Waals surface area (Å²) in [5.74, 6) is -5.61. The van der Waals surface area contributed by atoms with Crippen LogP contribution >= 0.6 is 0 Å². The third-order valence-electron chi connectivity index (χ3n) is 7.31. The van der Waals surface area contributed by atoms with Crippen molar-refractivity contribution in [1.82, 2.24) is 10.2 Å². The highest BCUT2D eigenvalue weighted by Gasteiger charge is 2.50. The molecule has 2 aliphatic rings. The topological polar surface area (TPSA) is 66.5 Å². The van der Waals surface area contributed by atoms with Crippen LogP contribution in [0.2, 0.25) is 0 Å². The first kappa shape index (κ1) is 27.9. The van der Waals surface area contributed by atoms with Crippen LogP contribution in [0.15, 0.2) is 36.4 Å². The minimum absolute atomic E-state index is 0.0605. The maximum absolute atomic E-state index is 15.2. The van der Waals surface area contributed by atoms with Gasteiger partial charge in [0.05, 0.1) is 5.56 Å². The van der Waals surface area contributed by atoms with Crippen molar-refractivity contribution in [3.63, 3.8) is 0 Å². The van der Waals surface area contributed by atoms with Crippen LogP contribution in [0.1, 0.15) is 70.2 Å².